The number of methoxy groups -OCH3 is 1. The number of nitrogens with zero attached hydrogens (tertiary/aromatic N) is 1. The van der Waals surface area contributed by atoms with Crippen molar-refractivity contribution in [3.8, 4) is 0 Å². The minimum absolute atomic E-state index is 0.0358. The second-order valence-corrected chi connectivity index (χ2v) is 5.83. The Morgan fingerprint density at radius 3 is 2.53 bits per heavy atom. The molecule has 108 valence electrons. The molecule has 1 aromatic rings. The van der Waals surface area contributed by atoms with E-state index < -0.39 is 10.0 Å². The fourth-order valence-electron chi connectivity index (χ4n) is 1.70. The van der Waals surface area contributed by atoms with Crippen molar-refractivity contribution in [2.24, 2.45) is 5.14 Å². The zero-order chi connectivity index (χ0) is 14.5. The number of sulfonamides is 1. The molecule has 0 aromatic heterocycles. The third-order valence-corrected chi connectivity index (χ3v) is 3.81. The maximum absolute atomic E-state index is 11.2. The summed E-state index contributed by atoms with van der Waals surface area (Å²) in [5.41, 5.74) is 7.18. The van der Waals surface area contributed by atoms with Gasteiger partial charge in [-0.1, -0.05) is 13.0 Å². The van der Waals surface area contributed by atoms with Crippen LogP contribution in [0.4, 0.5) is 5.69 Å². The van der Waals surface area contributed by atoms with E-state index in [0.717, 1.165) is 18.7 Å². The zero-order valence-corrected chi connectivity index (χ0v) is 12.1. The van der Waals surface area contributed by atoms with Crippen LogP contribution < -0.4 is 10.9 Å². The van der Waals surface area contributed by atoms with Crippen LogP contribution in [0.15, 0.2) is 23.1 Å². The molecule has 0 saturated heterocycles. The first-order valence-corrected chi connectivity index (χ1v) is 7.55. The second kappa shape index (κ2) is 6.85. The zero-order valence-electron chi connectivity index (χ0n) is 11.3. The van der Waals surface area contributed by atoms with Gasteiger partial charge in [0, 0.05) is 25.9 Å². The van der Waals surface area contributed by atoms with Gasteiger partial charge in [-0.05, 0) is 24.2 Å². The summed E-state index contributed by atoms with van der Waals surface area (Å²) < 4.78 is 27.5. The highest BCUT2D eigenvalue weighted by atomic mass is 32.2. The normalized spacial score (nSPS) is 12.0. The van der Waals surface area contributed by atoms with Gasteiger partial charge in [-0.15, -0.1) is 0 Å². The molecule has 0 saturated carbocycles. The van der Waals surface area contributed by atoms with Crippen LogP contribution >= 0.6 is 0 Å². The average molecular weight is 287 g/mol. The molecule has 7 heteroatoms. The van der Waals surface area contributed by atoms with Crippen molar-refractivity contribution >= 4 is 15.7 Å². The molecule has 0 fully saturated rings. The quantitative estimate of drug-likeness (QED) is 0.707. The highest BCUT2D eigenvalue weighted by molar-refractivity contribution is 7.89. The average Bonchev–Trinajstić information content (AvgIpc) is 2.35. The van der Waals surface area contributed by atoms with Crippen molar-refractivity contribution < 1.29 is 13.2 Å². The van der Waals surface area contributed by atoms with E-state index in [1.165, 1.54) is 12.1 Å². The standard InChI is InChI=1S/C12H21N3O3S/c1-3-15(6-7-18-2)9-10-4-5-11(8-12(10)13)19(14,16)17/h4-5,8H,3,6-7,9,13H2,1-2H3,(H2,14,16,17). The fraction of sp³-hybridized carbons (Fsp3) is 0.500. The van der Waals surface area contributed by atoms with Crippen molar-refractivity contribution in [2.75, 3.05) is 32.5 Å². The Hall–Kier alpha value is -1.15. The summed E-state index contributed by atoms with van der Waals surface area (Å²) in [7, 11) is -2.05. The van der Waals surface area contributed by atoms with Crippen LogP contribution in [-0.4, -0.2) is 40.1 Å². The largest absolute Gasteiger partial charge is 0.398 e. The van der Waals surface area contributed by atoms with E-state index in [9.17, 15) is 8.42 Å². The summed E-state index contributed by atoms with van der Waals surface area (Å²) >= 11 is 0. The van der Waals surface area contributed by atoms with Crippen LogP contribution in [0.25, 0.3) is 0 Å². The van der Waals surface area contributed by atoms with Gasteiger partial charge in [0.05, 0.1) is 11.5 Å². The number of hydrogen-bond donors (Lipinski definition) is 2. The number of anilines is 1. The molecule has 1 aromatic carbocycles. The Morgan fingerprint density at radius 2 is 2.05 bits per heavy atom. The van der Waals surface area contributed by atoms with Gasteiger partial charge in [-0.3, -0.25) is 4.90 Å². The molecule has 0 bridgehead atoms. The molecule has 19 heavy (non-hydrogen) atoms. The van der Waals surface area contributed by atoms with E-state index in [1.54, 1.807) is 13.2 Å². The molecule has 0 unspecified atom stereocenters. The lowest BCUT2D eigenvalue weighted by Crippen LogP contribution is -2.27. The van der Waals surface area contributed by atoms with Gasteiger partial charge in [0.1, 0.15) is 0 Å². The van der Waals surface area contributed by atoms with Crippen molar-refractivity contribution in [1.82, 2.24) is 4.90 Å². The molecular formula is C12H21N3O3S. The topological polar surface area (TPSA) is 98.6 Å². The summed E-state index contributed by atoms with van der Waals surface area (Å²) in [4.78, 5) is 2.19. The molecule has 0 aliphatic carbocycles. The van der Waals surface area contributed by atoms with Crippen molar-refractivity contribution in [3.63, 3.8) is 0 Å². The van der Waals surface area contributed by atoms with E-state index in [4.69, 9.17) is 15.6 Å². The number of nitrogen functional groups attached to an aromatic ring is 1. The van der Waals surface area contributed by atoms with Gasteiger partial charge in [0.2, 0.25) is 10.0 Å². The highest BCUT2D eigenvalue weighted by Crippen LogP contribution is 2.18. The molecule has 0 aliphatic heterocycles. The number of rotatable bonds is 7. The van der Waals surface area contributed by atoms with Gasteiger partial charge < -0.3 is 10.5 Å². The van der Waals surface area contributed by atoms with Crippen molar-refractivity contribution in [1.29, 1.82) is 0 Å². The lowest BCUT2D eigenvalue weighted by molar-refractivity contribution is 0.147. The number of primary sulfonamides is 1. The molecular weight excluding hydrogens is 266 g/mol. The minimum atomic E-state index is -3.70. The molecule has 0 amide bonds. The third-order valence-electron chi connectivity index (χ3n) is 2.90. The minimum Gasteiger partial charge on any atom is -0.398 e. The summed E-state index contributed by atoms with van der Waals surface area (Å²) in [6.07, 6.45) is 0. The van der Waals surface area contributed by atoms with E-state index in [0.29, 0.717) is 18.8 Å². The molecule has 6 nitrogen and oxygen atoms in total. The fourth-order valence-corrected chi connectivity index (χ4v) is 2.25. The van der Waals surface area contributed by atoms with E-state index in [-0.39, 0.29) is 4.90 Å². The van der Waals surface area contributed by atoms with Crippen molar-refractivity contribution in [3.05, 3.63) is 23.8 Å². The van der Waals surface area contributed by atoms with Crippen LogP contribution in [0.1, 0.15) is 12.5 Å². The molecule has 4 N–H and O–H groups in total. The summed E-state index contributed by atoms with van der Waals surface area (Å²) in [5.74, 6) is 0. The first-order chi connectivity index (χ1) is 8.88. The molecule has 0 heterocycles. The van der Waals surface area contributed by atoms with Gasteiger partial charge >= 0.3 is 0 Å². The van der Waals surface area contributed by atoms with Crippen LogP contribution in [-0.2, 0) is 21.3 Å². The van der Waals surface area contributed by atoms with E-state index in [2.05, 4.69) is 4.90 Å². The predicted molar refractivity (Wildman–Crippen MR) is 75.1 cm³/mol. The molecule has 0 radical (unpaired) electrons. The van der Waals surface area contributed by atoms with Gasteiger partial charge in [0.25, 0.3) is 0 Å². The smallest absolute Gasteiger partial charge is 0.238 e. The maximum Gasteiger partial charge on any atom is 0.238 e. The summed E-state index contributed by atoms with van der Waals surface area (Å²) in [6.45, 7) is 4.99. The van der Waals surface area contributed by atoms with Crippen LogP contribution in [0, 0.1) is 0 Å². The molecule has 0 aliphatic rings. The lowest BCUT2D eigenvalue weighted by atomic mass is 10.1. The monoisotopic (exact) mass is 287 g/mol. The first-order valence-electron chi connectivity index (χ1n) is 6.01. The van der Waals surface area contributed by atoms with Crippen LogP contribution in [0.3, 0.4) is 0 Å². The Balaban J connectivity index is 2.85. The number of likely N-dealkylation sites (N-methyl/N-ethyl adjacent to an activating group) is 1. The molecule has 0 atom stereocenters. The summed E-state index contributed by atoms with van der Waals surface area (Å²) in [5, 5.41) is 5.06. The number of ether oxygens (including phenoxy) is 1. The Bertz CT molecular complexity index is 517. The maximum atomic E-state index is 11.2. The Labute approximate surface area is 114 Å². The molecule has 1 rings (SSSR count). The Morgan fingerprint density at radius 1 is 1.37 bits per heavy atom. The van der Waals surface area contributed by atoms with Gasteiger partial charge in [-0.25, -0.2) is 13.6 Å². The van der Waals surface area contributed by atoms with E-state index >= 15 is 0 Å². The third kappa shape index (κ3) is 4.79. The predicted octanol–water partition coefficient (Wildman–Crippen LogP) is 0.385. The van der Waals surface area contributed by atoms with Crippen LogP contribution in [0.2, 0.25) is 0 Å². The van der Waals surface area contributed by atoms with E-state index in [1.807, 2.05) is 6.92 Å². The summed E-state index contributed by atoms with van der Waals surface area (Å²) in [6, 6.07) is 4.57. The van der Waals surface area contributed by atoms with Crippen molar-refractivity contribution in [2.45, 2.75) is 18.4 Å². The van der Waals surface area contributed by atoms with Gasteiger partial charge in [-0.2, -0.15) is 0 Å². The van der Waals surface area contributed by atoms with Gasteiger partial charge in [0.15, 0.2) is 0 Å². The number of nitrogens with two attached hydrogens (primary N) is 2. The lowest BCUT2D eigenvalue weighted by Gasteiger charge is -2.21. The SMILES string of the molecule is CCN(CCOC)Cc1ccc(S(N)(=O)=O)cc1N. The second-order valence-electron chi connectivity index (χ2n) is 4.27. The first kappa shape index (κ1) is 15.9. The number of hydrogen-bond acceptors (Lipinski definition) is 5. The Kier molecular flexibility index (Phi) is 5.74. The molecule has 0 spiro atoms. The highest BCUT2D eigenvalue weighted by Gasteiger charge is 2.11. The number of benzene rings is 1. The van der Waals surface area contributed by atoms with Crippen LogP contribution in [0.5, 0.6) is 0 Å².